The van der Waals surface area contributed by atoms with Gasteiger partial charge in [0.25, 0.3) is 5.91 Å². The molecule has 11 heteroatoms. The van der Waals surface area contributed by atoms with Crippen molar-refractivity contribution in [2.75, 3.05) is 18.4 Å². The van der Waals surface area contributed by atoms with Crippen molar-refractivity contribution in [1.82, 2.24) is 24.9 Å². The van der Waals surface area contributed by atoms with Gasteiger partial charge in [-0.2, -0.15) is 0 Å². The Kier molecular flexibility index (Phi) is 5.57. The van der Waals surface area contributed by atoms with Crippen LogP contribution in [0.5, 0.6) is 0 Å². The van der Waals surface area contributed by atoms with Gasteiger partial charge in [-0.05, 0) is 39.7 Å². The van der Waals surface area contributed by atoms with E-state index in [1.165, 1.54) is 12.4 Å². The number of halogens is 2. The average molecular weight is 446 g/mol. The zero-order valence-corrected chi connectivity index (χ0v) is 18.0. The quantitative estimate of drug-likeness (QED) is 0.636. The standard InChI is InChI=1S/C21H24F2N6O3/c1-21(2,3)32-20(31)28-6-4-12(5-7-28)29-11-18(26-27-29)19(30)25-17-10-24-16-9-15(23)14(22)8-13(16)17/h8-12,24H,4-7H2,1-3H3,(H,25,30). The first-order valence-corrected chi connectivity index (χ1v) is 10.3. The predicted molar refractivity (Wildman–Crippen MR) is 112 cm³/mol. The summed E-state index contributed by atoms with van der Waals surface area (Å²) in [7, 11) is 0. The molecule has 0 atom stereocenters. The Balaban J connectivity index is 1.39. The number of hydrogen-bond acceptors (Lipinski definition) is 5. The minimum atomic E-state index is -1.00. The monoisotopic (exact) mass is 446 g/mol. The van der Waals surface area contributed by atoms with Gasteiger partial charge in [-0.15, -0.1) is 5.10 Å². The summed E-state index contributed by atoms with van der Waals surface area (Å²) in [5.41, 5.74) is 0.215. The number of benzene rings is 1. The Morgan fingerprint density at radius 2 is 1.88 bits per heavy atom. The molecule has 9 nitrogen and oxygen atoms in total. The number of aromatic nitrogens is 4. The van der Waals surface area contributed by atoms with Crippen LogP contribution in [0, 0.1) is 11.6 Å². The van der Waals surface area contributed by atoms with Crippen LogP contribution in [0.2, 0.25) is 0 Å². The molecule has 0 unspecified atom stereocenters. The summed E-state index contributed by atoms with van der Waals surface area (Å²) in [5.74, 6) is -2.50. The number of nitrogens with one attached hydrogen (secondary N) is 2. The number of piperidine rings is 1. The number of carbonyl (C=O) groups is 2. The Labute approximate surface area is 182 Å². The van der Waals surface area contributed by atoms with Crippen LogP contribution in [0.15, 0.2) is 24.5 Å². The number of ether oxygens (including phenoxy) is 1. The van der Waals surface area contributed by atoms with Crippen molar-refractivity contribution in [2.24, 2.45) is 0 Å². The van der Waals surface area contributed by atoms with Crippen molar-refractivity contribution in [2.45, 2.75) is 45.3 Å². The molecule has 0 radical (unpaired) electrons. The summed E-state index contributed by atoms with van der Waals surface area (Å²) < 4.78 is 34.0. The van der Waals surface area contributed by atoms with E-state index in [9.17, 15) is 18.4 Å². The molecule has 3 heterocycles. The predicted octanol–water partition coefficient (Wildman–Crippen LogP) is 3.86. The van der Waals surface area contributed by atoms with Gasteiger partial charge in [-0.3, -0.25) is 4.79 Å². The van der Waals surface area contributed by atoms with Gasteiger partial charge in [0.2, 0.25) is 0 Å². The van der Waals surface area contributed by atoms with Gasteiger partial charge < -0.3 is 19.9 Å². The third-order valence-corrected chi connectivity index (χ3v) is 5.20. The molecule has 1 aliphatic rings. The fourth-order valence-electron chi connectivity index (χ4n) is 3.61. The molecule has 0 spiro atoms. The highest BCUT2D eigenvalue weighted by molar-refractivity contribution is 6.07. The summed E-state index contributed by atoms with van der Waals surface area (Å²) in [6, 6.07) is 2.04. The second kappa shape index (κ2) is 8.21. The molecule has 1 aromatic carbocycles. The molecule has 0 saturated carbocycles. The molecular formula is C21H24F2N6O3. The van der Waals surface area contributed by atoms with Crippen molar-refractivity contribution in [3.8, 4) is 0 Å². The minimum absolute atomic E-state index is 0.00658. The maximum Gasteiger partial charge on any atom is 0.410 e. The summed E-state index contributed by atoms with van der Waals surface area (Å²) in [4.78, 5) is 29.3. The van der Waals surface area contributed by atoms with Gasteiger partial charge in [0, 0.05) is 30.7 Å². The minimum Gasteiger partial charge on any atom is -0.444 e. The molecule has 2 N–H and O–H groups in total. The lowest BCUT2D eigenvalue weighted by Crippen LogP contribution is -2.42. The van der Waals surface area contributed by atoms with Gasteiger partial charge in [-0.1, -0.05) is 5.21 Å². The van der Waals surface area contributed by atoms with E-state index in [0.29, 0.717) is 42.5 Å². The number of hydrogen-bond donors (Lipinski definition) is 2. The van der Waals surface area contributed by atoms with E-state index < -0.39 is 23.1 Å². The average Bonchev–Trinajstić information content (AvgIpc) is 3.35. The fourth-order valence-corrected chi connectivity index (χ4v) is 3.61. The van der Waals surface area contributed by atoms with E-state index >= 15 is 0 Å². The Bertz CT molecular complexity index is 1160. The number of amides is 2. The number of nitrogens with zero attached hydrogens (tertiary/aromatic N) is 4. The molecule has 1 fully saturated rings. The van der Waals surface area contributed by atoms with Gasteiger partial charge in [0.05, 0.1) is 23.4 Å². The lowest BCUT2D eigenvalue weighted by atomic mass is 10.1. The highest BCUT2D eigenvalue weighted by Gasteiger charge is 2.28. The van der Waals surface area contributed by atoms with E-state index in [2.05, 4.69) is 20.6 Å². The van der Waals surface area contributed by atoms with Crippen LogP contribution in [-0.4, -0.2) is 55.6 Å². The van der Waals surface area contributed by atoms with Crippen molar-refractivity contribution < 1.29 is 23.1 Å². The molecule has 1 saturated heterocycles. The normalized spacial score (nSPS) is 15.2. The summed E-state index contributed by atoms with van der Waals surface area (Å²) in [5, 5.41) is 11.0. The third kappa shape index (κ3) is 4.56. The fraction of sp³-hybridized carbons (Fsp3) is 0.429. The number of anilines is 1. The number of aromatic amines is 1. The van der Waals surface area contributed by atoms with Gasteiger partial charge >= 0.3 is 6.09 Å². The summed E-state index contributed by atoms with van der Waals surface area (Å²) in [6.07, 6.45) is 3.95. The van der Waals surface area contributed by atoms with Gasteiger partial charge in [-0.25, -0.2) is 18.3 Å². The van der Waals surface area contributed by atoms with Crippen LogP contribution in [0.25, 0.3) is 10.9 Å². The Hall–Kier alpha value is -3.50. The van der Waals surface area contributed by atoms with Crippen molar-refractivity contribution >= 4 is 28.6 Å². The maximum atomic E-state index is 13.6. The molecule has 0 bridgehead atoms. The molecular weight excluding hydrogens is 422 g/mol. The lowest BCUT2D eigenvalue weighted by molar-refractivity contribution is 0.0184. The zero-order chi connectivity index (χ0) is 23.0. The molecule has 4 rings (SSSR count). The zero-order valence-electron chi connectivity index (χ0n) is 18.0. The largest absolute Gasteiger partial charge is 0.444 e. The van der Waals surface area contributed by atoms with Crippen LogP contribution in [-0.2, 0) is 4.74 Å². The molecule has 3 aromatic rings. The van der Waals surface area contributed by atoms with Crippen LogP contribution in [0.1, 0.15) is 50.1 Å². The Morgan fingerprint density at radius 1 is 1.19 bits per heavy atom. The molecule has 1 aliphatic heterocycles. The number of carbonyl (C=O) groups excluding carboxylic acids is 2. The van der Waals surface area contributed by atoms with E-state index in [1.54, 1.807) is 9.58 Å². The van der Waals surface area contributed by atoms with Crippen molar-refractivity contribution in [3.05, 3.63) is 41.9 Å². The number of likely N-dealkylation sites (tertiary alicyclic amines) is 1. The smallest absolute Gasteiger partial charge is 0.410 e. The highest BCUT2D eigenvalue weighted by Crippen LogP contribution is 2.26. The first kappa shape index (κ1) is 21.7. The van der Waals surface area contributed by atoms with E-state index in [-0.39, 0.29) is 17.8 Å². The second-order valence-electron chi connectivity index (χ2n) is 8.75. The van der Waals surface area contributed by atoms with Gasteiger partial charge in [0.15, 0.2) is 17.3 Å². The lowest BCUT2D eigenvalue weighted by Gasteiger charge is -2.33. The molecule has 32 heavy (non-hydrogen) atoms. The number of fused-ring (bicyclic) bond motifs is 1. The highest BCUT2D eigenvalue weighted by atomic mass is 19.2. The SMILES string of the molecule is CC(C)(C)OC(=O)N1CCC(n2cc(C(=O)Nc3c[nH]c4cc(F)c(F)cc34)nn2)CC1. The first-order chi connectivity index (χ1) is 15.1. The van der Waals surface area contributed by atoms with Crippen molar-refractivity contribution in [1.29, 1.82) is 0 Å². The van der Waals surface area contributed by atoms with E-state index in [1.807, 2.05) is 20.8 Å². The van der Waals surface area contributed by atoms with E-state index in [4.69, 9.17) is 4.74 Å². The van der Waals surface area contributed by atoms with Gasteiger partial charge in [0.1, 0.15) is 5.60 Å². The number of rotatable bonds is 3. The van der Waals surface area contributed by atoms with Crippen LogP contribution in [0.3, 0.4) is 0 Å². The van der Waals surface area contributed by atoms with Crippen molar-refractivity contribution in [3.63, 3.8) is 0 Å². The summed E-state index contributed by atoms with van der Waals surface area (Å²) >= 11 is 0. The van der Waals surface area contributed by atoms with Crippen LogP contribution < -0.4 is 5.32 Å². The molecule has 2 aromatic heterocycles. The molecule has 170 valence electrons. The van der Waals surface area contributed by atoms with Crippen LogP contribution >= 0.6 is 0 Å². The second-order valence-corrected chi connectivity index (χ2v) is 8.75. The number of H-pyrrole nitrogens is 1. The van der Waals surface area contributed by atoms with E-state index in [0.717, 1.165) is 12.1 Å². The van der Waals surface area contributed by atoms with Crippen LogP contribution in [0.4, 0.5) is 19.3 Å². The molecule has 0 aliphatic carbocycles. The molecule has 2 amide bonds. The maximum absolute atomic E-state index is 13.6. The topological polar surface area (TPSA) is 105 Å². The Morgan fingerprint density at radius 3 is 2.56 bits per heavy atom. The first-order valence-electron chi connectivity index (χ1n) is 10.3. The summed E-state index contributed by atoms with van der Waals surface area (Å²) in [6.45, 7) is 6.50. The third-order valence-electron chi connectivity index (χ3n) is 5.20.